The number of aromatic nitrogens is 3. The van der Waals surface area contributed by atoms with E-state index in [9.17, 15) is 9.59 Å². The minimum Gasteiger partial charge on any atom is -0.497 e. The van der Waals surface area contributed by atoms with E-state index in [1.165, 1.54) is 10.9 Å². The first-order valence-electron chi connectivity index (χ1n) is 9.72. The fourth-order valence-corrected chi connectivity index (χ4v) is 3.52. The van der Waals surface area contributed by atoms with Gasteiger partial charge in [-0.25, -0.2) is 4.68 Å². The van der Waals surface area contributed by atoms with Crippen LogP contribution in [0, 0.1) is 0 Å². The summed E-state index contributed by atoms with van der Waals surface area (Å²) >= 11 is 0. The van der Waals surface area contributed by atoms with Crippen LogP contribution >= 0.6 is 0 Å². The van der Waals surface area contributed by atoms with Crippen LogP contribution in [0.25, 0.3) is 5.69 Å². The molecule has 1 heterocycles. The zero-order valence-electron chi connectivity index (χ0n) is 16.9. The molecule has 2 aromatic carbocycles. The molecule has 0 aliphatic heterocycles. The highest BCUT2D eigenvalue weighted by Gasteiger charge is 2.45. The Labute approximate surface area is 174 Å². The van der Waals surface area contributed by atoms with Crippen molar-refractivity contribution in [2.45, 2.75) is 24.7 Å². The number of benzene rings is 2. The first kappa shape index (κ1) is 19.6. The van der Waals surface area contributed by atoms with Crippen LogP contribution in [0.15, 0.2) is 54.7 Å². The monoisotopic (exact) mass is 405 g/mol. The maximum absolute atomic E-state index is 12.8. The number of anilines is 1. The van der Waals surface area contributed by atoms with Gasteiger partial charge in [-0.2, -0.15) is 0 Å². The van der Waals surface area contributed by atoms with E-state index < -0.39 is 0 Å². The fraction of sp³-hybridized carbons (Fsp3) is 0.273. The summed E-state index contributed by atoms with van der Waals surface area (Å²) in [6.07, 6.45) is 3.91. The van der Waals surface area contributed by atoms with Crippen molar-refractivity contribution in [3.05, 3.63) is 66.0 Å². The van der Waals surface area contributed by atoms with E-state index in [-0.39, 0.29) is 17.2 Å². The number of carbonyl (C=O) groups is 2. The molecule has 1 aliphatic rings. The van der Waals surface area contributed by atoms with Gasteiger partial charge in [-0.1, -0.05) is 17.3 Å². The molecule has 0 spiro atoms. The van der Waals surface area contributed by atoms with E-state index in [0.717, 1.165) is 24.2 Å². The van der Waals surface area contributed by atoms with Crippen LogP contribution in [0.1, 0.15) is 35.3 Å². The molecule has 8 heteroatoms. The standard InChI is InChI=1S/C22H23N5O3/c1-23-20(28)13-22(11-12-22)15-3-5-16(6-4-15)25-21(29)19-14-24-26-27(19)17-7-9-18(30-2)10-8-17/h3-10,14H,11-13H2,1-2H3,(H,23,28)(H,25,29). The van der Waals surface area contributed by atoms with Crippen molar-refractivity contribution in [3.8, 4) is 11.4 Å². The maximum atomic E-state index is 12.8. The highest BCUT2D eigenvalue weighted by atomic mass is 16.5. The van der Waals surface area contributed by atoms with Crippen LogP contribution in [0.3, 0.4) is 0 Å². The fourth-order valence-electron chi connectivity index (χ4n) is 3.52. The zero-order valence-corrected chi connectivity index (χ0v) is 16.9. The van der Waals surface area contributed by atoms with Crippen molar-refractivity contribution in [1.82, 2.24) is 20.3 Å². The van der Waals surface area contributed by atoms with E-state index in [2.05, 4.69) is 20.9 Å². The van der Waals surface area contributed by atoms with Gasteiger partial charge in [-0.05, 0) is 54.8 Å². The summed E-state index contributed by atoms with van der Waals surface area (Å²) in [5.74, 6) is 0.453. The molecule has 1 aliphatic carbocycles. The summed E-state index contributed by atoms with van der Waals surface area (Å²) in [6, 6.07) is 14.9. The Morgan fingerprint density at radius 3 is 2.40 bits per heavy atom. The molecule has 1 aromatic heterocycles. The minimum atomic E-state index is -0.310. The van der Waals surface area contributed by atoms with Gasteiger partial charge in [-0.3, -0.25) is 9.59 Å². The van der Waals surface area contributed by atoms with Gasteiger partial charge in [0.25, 0.3) is 5.91 Å². The number of amides is 2. The molecule has 1 saturated carbocycles. The minimum absolute atomic E-state index is 0.0455. The van der Waals surface area contributed by atoms with E-state index in [0.29, 0.717) is 23.5 Å². The summed E-state index contributed by atoms with van der Waals surface area (Å²) < 4.78 is 6.64. The lowest BCUT2D eigenvalue weighted by Gasteiger charge is -2.15. The second-order valence-electron chi connectivity index (χ2n) is 7.39. The van der Waals surface area contributed by atoms with E-state index >= 15 is 0 Å². The van der Waals surface area contributed by atoms with Crippen LogP contribution in [0.5, 0.6) is 5.75 Å². The lowest BCUT2D eigenvalue weighted by Crippen LogP contribution is -2.24. The summed E-state index contributed by atoms with van der Waals surface area (Å²) in [7, 11) is 3.25. The molecule has 3 aromatic rings. The average Bonchev–Trinajstić information content (AvgIpc) is 3.38. The van der Waals surface area contributed by atoms with Crippen LogP contribution in [0.2, 0.25) is 0 Å². The quantitative estimate of drug-likeness (QED) is 0.630. The molecule has 2 N–H and O–H groups in total. The number of ether oxygens (including phenoxy) is 1. The van der Waals surface area contributed by atoms with Crippen molar-refractivity contribution in [2.24, 2.45) is 0 Å². The van der Waals surface area contributed by atoms with E-state index in [1.54, 1.807) is 38.4 Å². The third-order valence-corrected chi connectivity index (χ3v) is 5.49. The lowest BCUT2D eigenvalue weighted by molar-refractivity contribution is -0.121. The molecule has 30 heavy (non-hydrogen) atoms. The van der Waals surface area contributed by atoms with Gasteiger partial charge in [0.05, 0.1) is 19.0 Å². The summed E-state index contributed by atoms with van der Waals surface area (Å²) in [4.78, 5) is 24.6. The number of hydrogen-bond acceptors (Lipinski definition) is 5. The Hall–Kier alpha value is -3.68. The largest absolute Gasteiger partial charge is 0.497 e. The topological polar surface area (TPSA) is 98.1 Å². The molecule has 1 fully saturated rings. The molecule has 0 atom stereocenters. The normalized spacial score (nSPS) is 14.1. The van der Waals surface area contributed by atoms with Crippen LogP contribution in [-0.2, 0) is 10.2 Å². The summed E-state index contributed by atoms with van der Waals surface area (Å²) in [6.45, 7) is 0. The van der Waals surface area contributed by atoms with E-state index in [4.69, 9.17) is 4.74 Å². The molecular weight excluding hydrogens is 382 g/mol. The molecular formula is C22H23N5O3. The number of carbonyl (C=O) groups excluding carboxylic acids is 2. The van der Waals surface area contributed by atoms with Crippen molar-refractivity contribution in [3.63, 3.8) is 0 Å². The third-order valence-electron chi connectivity index (χ3n) is 5.49. The second kappa shape index (κ2) is 7.98. The third kappa shape index (κ3) is 3.89. The molecule has 2 amide bonds. The van der Waals surface area contributed by atoms with Gasteiger partial charge < -0.3 is 15.4 Å². The number of nitrogens with zero attached hydrogens (tertiary/aromatic N) is 3. The molecule has 0 radical (unpaired) electrons. The predicted octanol–water partition coefficient (Wildman–Crippen LogP) is 2.70. The first-order chi connectivity index (χ1) is 14.5. The van der Waals surface area contributed by atoms with Crippen LogP contribution in [-0.4, -0.2) is 41.0 Å². The van der Waals surface area contributed by atoms with Gasteiger partial charge in [0.1, 0.15) is 5.75 Å². The number of nitrogens with one attached hydrogen (secondary N) is 2. The molecule has 8 nitrogen and oxygen atoms in total. The van der Waals surface area contributed by atoms with Crippen LogP contribution in [0.4, 0.5) is 5.69 Å². The number of methoxy groups -OCH3 is 1. The molecule has 4 rings (SSSR count). The summed E-state index contributed by atoms with van der Waals surface area (Å²) in [5, 5.41) is 13.5. The molecule has 0 unspecified atom stereocenters. The molecule has 154 valence electrons. The van der Waals surface area contributed by atoms with Crippen LogP contribution < -0.4 is 15.4 Å². The molecule has 0 saturated heterocycles. The maximum Gasteiger partial charge on any atom is 0.276 e. The van der Waals surface area contributed by atoms with Gasteiger partial charge in [0.2, 0.25) is 5.91 Å². The van der Waals surface area contributed by atoms with Gasteiger partial charge >= 0.3 is 0 Å². The molecule has 0 bridgehead atoms. The Balaban J connectivity index is 1.47. The van der Waals surface area contributed by atoms with Crippen molar-refractivity contribution in [1.29, 1.82) is 0 Å². The van der Waals surface area contributed by atoms with Crippen molar-refractivity contribution < 1.29 is 14.3 Å². The first-order valence-corrected chi connectivity index (χ1v) is 9.72. The van der Waals surface area contributed by atoms with Crippen molar-refractivity contribution >= 4 is 17.5 Å². The highest BCUT2D eigenvalue weighted by molar-refractivity contribution is 6.03. The smallest absolute Gasteiger partial charge is 0.276 e. The van der Waals surface area contributed by atoms with Gasteiger partial charge in [0, 0.05) is 24.6 Å². The highest BCUT2D eigenvalue weighted by Crippen LogP contribution is 2.51. The lowest BCUT2D eigenvalue weighted by atomic mass is 9.92. The Morgan fingerprint density at radius 1 is 1.10 bits per heavy atom. The van der Waals surface area contributed by atoms with Gasteiger partial charge in [0.15, 0.2) is 5.69 Å². The Kier molecular flexibility index (Phi) is 5.22. The Bertz CT molecular complexity index is 1050. The van der Waals surface area contributed by atoms with Gasteiger partial charge in [-0.15, -0.1) is 5.10 Å². The number of hydrogen-bond donors (Lipinski definition) is 2. The van der Waals surface area contributed by atoms with E-state index in [1.807, 2.05) is 24.3 Å². The predicted molar refractivity (Wildman–Crippen MR) is 112 cm³/mol. The Morgan fingerprint density at radius 2 is 1.80 bits per heavy atom. The SMILES string of the molecule is CNC(=O)CC1(c2ccc(NC(=O)c3cnnn3-c3ccc(OC)cc3)cc2)CC1. The second-order valence-corrected chi connectivity index (χ2v) is 7.39. The number of rotatable bonds is 7. The van der Waals surface area contributed by atoms with Crippen molar-refractivity contribution in [2.75, 3.05) is 19.5 Å². The summed E-state index contributed by atoms with van der Waals surface area (Å²) in [5.41, 5.74) is 2.75. The zero-order chi connectivity index (χ0) is 21.1. The average molecular weight is 405 g/mol.